The van der Waals surface area contributed by atoms with Gasteiger partial charge in [0.1, 0.15) is 0 Å². The van der Waals surface area contributed by atoms with Crippen molar-refractivity contribution in [1.29, 1.82) is 0 Å². The van der Waals surface area contributed by atoms with Crippen LogP contribution in [0.4, 0.5) is 10.5 Å². The minimum Gasteiger partial charge on any atom is -0.450 e. The SMILES string of the molecule is CCOC(=O)N1CCN(C(=O)C2CCCN(c3cn[nH]c(=O)c3)C2)CC1. The Hall–Kier alpha value is -2.58. The van der Waals surface area contributed by atoms with E-state index in [1.807, 2.05) is 9.80 Å². The minimum absolute atomic E-state index is 0.0998. The summed E-state index contributed by atoms with van der Waals surface area (Å²) in [6, 6.07) is 1.51. The lowest BCUT2D eigenvalue weighted by atomic mass is 9.96. The maximum atomic E-state index is 12.9. The van der Waals surface area contributed by atoms with Crippen molar-refractivity contribution >= 4 is 17.7 Å². The normalized spacial score (nSPS) is 20.8. The first-order valence-electron chi connectivity index (χ1n) is 9.08. The summed E-state index contributed by atoms with van der Waals surface area (Å²) in [4.78, 5) is 41.6. The molecule has 1 atom stereocenters. The Bertz CT molecular complexity index is 698. The molecule has 9 heteroatoms. The lowest BCUT2D eigenvalue weighted by molar-refractivity contribution is -0.137. The van der Waals surface area contributed by atoms with Crippen molar-refractivity contribution in [3.8, 4) is 0 Å². The largest absolute Gasteiger partial charge is 0.450 e. The number of nitrogens with zero attached hydrogens (tertiary/aromatic N) is 4. The number of aromatic nitrogens is 2. The Balaban J connectivity index is 1.56. The molecule has 0 aliphatic carbocycles. The smallest absolute Gasteiger partial charge is 0.409 e. The van der Waals surface area contributed by atoms with Gasteiger partial charge in [0.25, 0.3) is 5.56 Å². The second kappa shape index (κ2) is 8.20. The molecule has 0 bridgehead atoms. The van der Waals surface area contributed by atoms with Crippen LogP contribution in [0.1, 0.15) is 19.8 Å². The van der Waals surface area contributed by atoms with Gasteiger partial charge in [-0.1, -0.05) is 0 Å². The number of piperazine rings is 1. The van der Waals surface area contributed by atoms with E-state index in [0.29, 0.717) is 39.3 Å². The van der Waals surface area contributed by atoms with Crippen molar-refractivity contribution in [2.24, 2.45) is 5.92 Å². The van der Waals surface area contributed by atoms with E-state index in [4.69, 9.17) is 4.74 Å². The van der Waals surface area contributed by atoms with Gasteiger partial charge in [0.15, 0.2) is 0 Å². The third kappa shape index (κ3) is 4.14. The van der Waals surface area contributed by atoms with E-state index in [1.165, 1.54) is 6.07 Å². The molecule has 26 heavy (non-hydrogen) atoms. The zero-order chi connectivity index (χ0) is 18.5. The van der Waals surface area contributed by atoms with E-state index in [1.54, 1.807) is 18.0 Å². The second-order valence-corrected chi connectivity index (χ2v) is 6.60. The number of hydrogen-bond donors (Lipinski definition) is 1. The summed E-state index contributed by atoms with van der Waals surface area (Å²) in [6.45, 7) is 5.59. The summed E-state index contributed by atoms with van der Waals surface area (Å²) in [5, 5.41) is 6.20. The molecule has 1 aromatic rings. The highest BCUT2D eigenvalue weighted by molar-refractivity contribution is 5.80. The van der Waals surface area contributed by atoms with Crippen molar-refractivity contribution in [3.63, 3.8) is 0 Å². The molecule has 2 fully saturated rings. The van der Waals surface area contributed by atoms with Gasteiger partial charge < -0.3 is 19.4 Å². The third-order valence-electron chi connectivity index (χ3n) is 4.90. The van der Waals surface area contributed by atoms with Gasteiger partial charge in [0, 0.05) is 45.3 Å². The average molecular weight is 363 g/mol. The summed E-state index contributed by atoms with van der Waals surface area (Å²) in [7, 11) is 0. The molecule has 0 saturated carbocycles. The number of hydrogen-bond acceptors (Lipinski definition) is 6. The molecule has 1 N–H and O–H groups in total. The van der Waals surface area contributed by atoms with Crippen molar-refractivity contribution in [2.75, 3.05) is 50.8 Å². The van der Waals surface area contributed by atoms with Crippen LogP contribution in [0, 0.1) is 5.92 Å². The van der Waals surface area contributed by atoms with Crippen LogP contribution in [0.15, 0.2) is 17.1 Å². The molecule has 1 aromatic heterocycles. The van der Waals surface area contributed by atoms with E-state index >= 15 is 0 Å². The fourth-order valence-corrected chi connectivity index (χ4v) is 3.53. The summed E-state index contributed by atoms with van der Waals surface area (Å²) < 4.78 is 5.01. The van der Waals surface area contributed by atoms with Crippen LogP contribution >= 0.6 is 0 Å². The second-order valence-electron chi connectivity index (χ2n) is 6.60. The molecule has 3 heterocycles. The van der Waals surface area contributed by atoms with Gasteiger partial charge in [-0.25, -0.2) is 9.89 Å². The number of anilines is 1. The Labute approximate surface area is 151 Å². The number of nitrogens with one attached hydrogen (secondary N) is 1. The van der Waals surface area contributed by atoms with E-state index in [9.17, 15) is 14.4 Å². The molecule has 9 nitrogen and oxygen atoms in total. The van der Waals surface area contributed by atoms with Gasteiger partial charge in [-0.3, -0.25) is 9.59 Å². The first-order valence-corrected chi connectivity index (χ1v) is 9.08. The highest BCUT2D eigenvalue weighted by Gasteiger charge is 2.32. The Morgan fingerprint density at radius 3 is 2.65 bits per heavy atom. The molecule has 0 aromatic carbocycles. The molecule has 0 spiro atoms. The number of aromatic amines is 1. The summed E-state index contributed by atoms with van der Waals surface area (Å²) >= 11 is 0. The van der Waals surface area contributed by atoms with E-state index < -0.39 is 0 Å². The Morgan fingerprint density at radius 2 is 1.96 bits per heavy atom. The number of ether oxygens (including phenoxy) is 1. The van der Waals surface area contributed by atoms with E-state index in [0.717, 1.165) is 25.1 Å². The zero-order valence-electron chi connectivity index (χ0n) is 15.0. The minimum atomic E-state index is -0.315. The van der Waals surface area contributed by atoms with Gasteiger partial charge in [-0.15, -0.1) is 0 Å². The summed E-state index contributed by atoms with van der Waals surface area (Å²) in [6.07, 6.45) is 3.04. The fraction of sp³-hybridized carbons (Fsp3) is 0.647. The van der Waals surface area contributed by atoms with E-state index in [-0.39, 0.29) is 23.5 Å². The van der Waals surface area contributed by atoms with Gasteiger partial charge in [0.05, 0.1) is 24.4 Å². The van der Waals surface area contributed by atoms with Crippen LogP contribution in [0.3, 0.4) is 0 Å². The highest BCUT2D eigenvalue weighted by atomic mass is 16.6. The predicted octanol–water partition coefficient (Wildman–Crippen LogP) is 0.287. The number of rotatable bonds is 3. The predicted molar refractivity (Wildman–Crippen MR) is 95.0 cm³/mol. The summed E-state index contributed by atoms with van der Waals surface area (Å²) in [5.74, 6) is 0.0215. The molecule has 142 valence electrons. The monoisotopic (exact) mass is 363 g/mol. The topological polar surface area (TPSA) is 98.8 Å². The van der Waals surface area contributed by atoms with Crippen LogP contribution in [-0.4, -0.2) is 77.9 Å². The van der Waals surface area contributed by atoms with Crippen molar-refractivity contribution in [2.45, 2.75) is 19.8 Å². The number of carbonyl (C=O) groups is 2. The first-order chi connectivity index (χ1) is 12.6. The number of piperidine rings is 1. The Kier molecular flexibility index (Phi) is 5.75. The molecule has 0 radical (unpaired) electrons. The molecule has 1 unspecified atom stereocenters. The molecular formula is C17H25N5O4. The summed E-state index contributed by atoms with van der Waals surface area (Å²) in [5.41, 5.74) is 0.504. The number of carbonyl (C=O) groups excluding carboxylic acids is 2. The zero-order valence-corrected chi connectivity index (χ0v) is 15.0. The van der Waals surface area contributed by atoms with Gasteiger partial charge in [0.2, 0.25) is 5.91 Å². The van der Waals surface area contributed by atoms with Gasteiger partial charge in [-0.2, -0.15) is 5.10 Å². The molecule has 2 saturated heterocycles. The van der Waals surface area contributed by atoms with Crippen LogP contribution < -0.4 is 10.5 Å². The van der Waals surface area contributed by atoms with E-state index in [2.05, 4.69) is 10.2 Å². The van der Waals surface area contributed by atoms with Crippen LogP contribution in [0.2, 0.25) is 0 Å². The van der Waals surface area contributed by atoms with Crippen molar-refractivity contribution in [3.05, 3.63) is 22.6 Å². The number of H-pyrrole nitrogens is 1. The van der Waals surface area contributed by atoms with Crippen LogP contribution in [0.5, 0.6) is 0 Å². The maximum Gasteiger partial charge on any atom is 0.409 e. The fourth-order valence-electron chi connectivity index (χ4n) is 3.53. The Morgan fingerprint density at radius 1 is 1.23 bits per heavy atom. The maximum absolute atomic E-state index is 12.9. The number of amides is 2. The lowest BCUT2D eigenvalue weighted by Gasteiger charge is -2.39. The molecule has 3 rings (SSSR count). The standard InChI is InChI=1S/C17H25N5O4/c1-2-26-17(25)21-8-6-20(7-9-21)16(24)13-4-3-5-22(12-13)14-10-15(23)19-18-11-14/h10-11,13H,2-9,12H2,1H3,(H,19,23). The van der Waals surface area contributed by atoms with Crippen LogP contribution in [-0.2, 0) is 9.53 Å². The van der Waals surface area contributed by atoms with Crippen molar-refractivity contribution in [1.82, 2.24) is 20.0 Å². The average Bonchev–Trinajstić information content (AvgIpc) is 2.68. The lowest BCUT2D eigenvalue weighted by Crippen LogP contribution is -2.53. The quantitative estimate of drug-likeness (QED) is 0.829. The first kappa shape index (κ1) is 18.2. The van der Waals surface area contributed by atoms with Crippen molar-refractivity contribution < 1.29 is 14.3 Å². The molecule has 2 aliphatic rings. The van der Waals surface area contributed by atoms with Gasteiger partial charge in [-0.05, 0) is 19.8 Å². The van der Waals surface area contributed by atoms with Gasteiger partial charge >= 0.3 is 6.09 Å². The third-order valence-corrected chi connectivity index (χ3v) is 4.90. The van der Waals surface area contributed by atoms with Crippen LogP contribution in [0.25, 0.3) is 0 Å². The highest BCUT2D eigenvalue weighted by Crippen LogP contribution is 2.23. The molecule has 2 amide bonds. The molecule has 2 aliphatic heterocycles. The molecular weight excluding hydrogens is 338 g/mol.